The van der Waals surface area contributed by atoms with Gasteiger partial charge in [0.2, 0.25) is 0 Å². The summed E-state index contributed by atoms with van der Waals surface area (Å²) in [5.41, 5.74) is 5.47. The first kappa shape index (κ1) is 16.2. The van der Waals surface area contributed by atoms with Crippen LogP contribution in [0.3, 0.4) is 0 Å². The van der Waals surface area contributed by atoms with E-state index in [2.05, 4.69) is 34.0 Å². The Morgan fingerprint density at radius 2 is 2.21 bits per heavy atom. The molecule has 0 radical (unpaired) electrons. The first-order valence-corrected chi connectivity index (χ1v) is 9.77. The van der Waals surface area contributed by atoms with Gasteiger partial charge >= 0.3 is 0 Å². The first-order valence-electron chi connectivity index (χ1n) is 8.89. The molecule has 0 N–H and O–H groups in total. The number of aromatic nitrogens is 4. The molecule has 0 bridgehead atoms. The lowest BCUT2D eigenvalue weighted by molar-refractivity contribution is 0.0428. The molecule has 4 rings (SSSR count). The Bertz CT molecular complexity index is 693. The van der Waals surface area contributed by atoms with E-state index in [0.29, 0.717) is 6.61 Å². The molecule has 6 nitrogen and oxygen atoms in total. The Hall–Kier alpha value is -1.31. The van der Waals surface area contributed by atoms with Crippen LogP contribution in [-0.2, 0) is 24.2 Å². The number of hydrogen-bond acceptors (Lipinski definition) is 6. The molecule has 0 spiro atoms. The molecule has 1 atom stereocenters. The van der Waals surface area contributed by atoms with Crippen LogP contribution in [0.15, 0.2) is 5.51 Å². The Morgan fingerprint density at radius 1 is 1.33 bits per heavy atom. The van der Waals surface area contributed by atoms with E-state index in [1.165, 1.54) is 23.4 Å². The molecule has 3 heterocycles. The minimum Gasteiger partial charge on any atom is -0.379 e. The van der Waals surface area contributed by atoms with Gasteiger partial charge in [0.15, 0.2) is 0 Å². The Labute approximate surface area is 146 Å². The monoisotopic (exact) mass is 347 g/mol. The predicted octanol–water partition coefficient (Wildman–Crippen LogP) is 2.59. The van der Waals surface area contributed by atoms with E-state index in [4.69, 9.17) is 4.74 Å². The standard InChI is InChI=1S/C17H25N5OS/c1-3-22-14-6-7-21(8-16-12(2)18-11-24-16)15(17(14)19-20-22)10-23-9-13-4-5-13/h11,13,15H,3-10H2,1-2H3. The van der Waals surface area contributed by atoms with Crippen molar-refractivity contribution in [3.05, 3.63) is 27.5 Å². The molecule has 1 unspecified atom stereocenters. The normalized spacial score (nSPS) is 21.2. The maximum Gasteiger partial charge on any atom is 0.105 e. The van der Waals surface area contributed by atoms with Crippen molar-refractivity contribution in [1.29, 1.82) is 0 Å². The third kappa shape index (κ3) is 3.25. The topological polar surface area (TPSA) is 56.1 Å². The molecule has 24 heavy (non-hydrogen) atoms. The van der Waals surface area contributed by atoms with Crippen LogP contribution in [0.4, 0.5) is 0 Å². The maximum atomic E-state index is 6.05. The highest BCUT2D eigenvalue weighted by molar-refractivity contribution is 7.09. The summed E-state index contributed by atoms with van der Waals surface area (Å²) >= 11 is 1.74. The first-order chi connectivity index (χ1) is 11.8. The predicted molar refractivity (Wildman–Crippen MR) is 92.9 cm³/mol. The summed E-state index contributed by atoms with van der Waals surface area (Å²) in [4.78, 5) is 8.22. The van der Waals surface area contributed by atoms with E-state index >= 15 is 0 Å². The fraction of sp³-hybridized carbons (Fsp3) is 0.706. The zero-order valence-electron chi connectivity index (χ0n) is 14.4. The van der Waals surface area contributed by atoms with Crippen LogP contribution in [0.2, 0.25) is 0 Å². The fourth-order valence-electron chi connectivity index (χ4n) is 3.36. The highest BCUT2D eigenvalue weighted by atomic mass is 32.1. The van der Waals surface area contributed by atoms with Gasteiger partial charge in [-0.15, -0.1) is 16.4 Å². The SMILES string of the molecule is CCn1nnc2c1CCN(Cc1scnc1C)C2COCC1CC1. The molecule has 1 fully saturated rings. The lowest BCUT2D eigenvalue weighted by atomic mass is 10.0. The molecule has 2 aromatic rings. The molecule has 0 saturated heterocycles. The van der Waals surface area contributed by atoms with Crippen molar-refractivity contribution in [2.75, 3.05) is 19.8 Å². The molecule has 130 valence electrons. The molecule has 1 saturated carbocycles. The van der Waals surface area contributed by atoms with Crippen LogP contribution in [0.1, 0.15) is 47.8 Å². The van der Waals surface area contributed by atoms with Crippen molar-refractivity contribution in [2.24, 2.45) is 5.92 Å². The Kier molecular flexibility index (Phi) is 4.65. The fourth-order valence-corrected chi connectivity index (χ4v) is 4.16. The molecule has 1 aliphatic heterocycles. The van der Waals surface area contributed by atoms with Crippen LogP contribution in [-0.4, -0.2) is 44.6 Å². The molecular formula is C17H25N5OS. The van der Waals surface area contributed by atoms with Gasteiger partial charge in [0, 0.05) is 37.5 Å². The molecule has 2 aliphatic rings. The average Bonchev–Trinajstić information content (AvgIpc) is 3.18. The second-order valence-electron chi connectivity index (χ2n) is 6.82. The van der Waals surface area contributed by atoms with Gasteiger partial charge in [-0.1, -0.05) is 5.21 Å². The second-order valence-corrected chi connectivity index (χ2v) is 7.75. The molecule has 0 aromatic carbocycles. The number of nitrogens with zero attached hydrogens (tertiary/aromatic N) is 5. The largest absolute Gasteiger partial charge is 0.379 e. The van der Waals surface area contributed by atoms with Gasteiger partial charge < -0.3 is 4.74 Å². The van der Waals surface area contributed by atoms with Gasteiger partial charge in [-0.25, -0.2) is 9.67 Å². The van der Waals surface area contributed by atoms with Gasteiger partial charge in [0.05, 0.1) is 29.5 Å². The van der Waals surface area contributed by atoms with E-state index < -0.39 is 0 Å². The number of hydrogen-bond donors (Lipinski definition) is 0. The van der Waals surface area contributed by atoms with E-state index in [9.17, 15) is 0 Å². The Balaban J connectivity index is 1.53. The van der Waals surface area contributed by atoms with E-state index in [-0.39, 0.29) is 6.04 Å². The van der Waals surface area contributed by atoms with Crippen LogP contribution in [0.25, 0.3) is 0 Å². The molecule has 1 aliphatic carbocycles. The zero-order chi connectivity index (χ0) is 16.5. The summed E-state index contributed by atoms with van der Waals surface area (Å²) in [5.74, 6) is 0.788. The minimum absolute atomic E-state index is 0.203. The van der Waals surface area contributed by atoms with E-state index in [0.717, 1.165) is 50.0 Å². The van der Waals surface area contributed by atoms with Crippen molar-refractivity contribution >= 4 is 11.3 Å². The summed E-state index contributed by atoms with van der Waals surface area (Å²) < 4.78 is 8.09. The highest BCUT2D eigenvalue weighted by Crippen LogP contribution is 2.33. The Morgan fingerprint density at radius 3 is 2.92 bits per heavy atom. The summed E-state index contributed by atoms with van der Waals surface area (Å²) in [6.07, 6.45) is 3.66. The van der Waals surface area contributed by atoms with Crippen LogP contribution >= 0.6 is 11.3 Å². The smallest absolute Gasteiger partial charge is 0.105 e. The summed E-state index contributed by atoms with van der Waals surface area (Å²) in [6, 6.07) is 0.203. The number of ether oxygens (including phenoxy) is 1. The third-order valence-corrected chi connectivity index (χ3v) is 6.00. The van der Waals surface area contributed by atoms with Crippen molar-refractivity contribution in [3.63, 3.8) is 0 Å². The van der Waals surface area contributed by atoms with Crippen molar-refractivity contribution in [1.82, 2.24) is 24.9 Å². The van der Waals surface area contributed by atoms with Crippen LogP contribution < -0.4 is 0 Å². The lowest BCUT2D eigenvalue weighted by Crippen LogP contribution is -2.38. The molecule has 7 heteroatoms. The zero-order valence-corrected chi connectivity index (χ0v) is 15.3. The van der Waals surface area contributed by atoms with Crippen molar-refractivity contribution in [2.45, 2.75) is 52.2 Å². The molecular weight excluding hydrogens is 322 g/mol. The van der Waals surface area contributed by atoms with Gasteiger partial charge in [0.1, 0.15) is 5.69 Å². The van der Waals surface area contributed by atoms with Crippen LogP contribution in [0.5, 0.6) is 0 Å². The lowest BCUT2D eigenvalue weighted by Gasteiger charge is -2.34. The van der Waals surface area contributed by atoms with Crippen molar-refractivity contribution in [3.8, 4) is 0 Å². The van der Waals surface area contributed by atoms with Crippen molar-refractivity contribution < 1.29 is 4.74 Å². The number of fused-ring (bicyclic) bond motifs is 1. The van der Waals surface area contributed by atoms with Gasteiger partial charge in [0.25, 0.3) is 0 Å². The number of aryl methyl sites for hydroxylation is 2. The van der Waals surface area contributed by atoms with Gasteiger partial charge in [-0.2, -0.15) is 0 Å². The number of rotatable bonds is 7. The second kappa shape index (κ2) is 6.90. The molecule has 2 aromatic heterocycles. The highest BCUT2D eigenvalue weighted by Gasteiger charge is 2.33. The molecule has 0 amide bonds. The van der Waals surface area contributed by atoms with Gasteiger partial charge in [-0.3, -0.25) is 4.90 Å². The minimum atomic E-state index is 0.203. The average molecular weight is 347 g/mol. The summed E-state index contributed by atoms with van der Waals surface area (Å²) in [5, 5.41) is 8.85. The summed E-state index contributed by atoms with van der Waals surface area (Å²) in [6.45, 7) is 8.65. The van der Waals surface area contributed by atoms with Crippen LogP contribution in [0, 0.1) is 12.8 Å². The summed E-state index contributed by atoms with van der Waals surface area (Å²) in [7, 11) is 0. The third-order valence-electron chi connectivity index (χ3n) is 5.08. The quantitative estimate of drug-likeness (QED) is 0.770. The maximum absolute atomic E-state index is 6.05. The van der Waals surface area contributed by atoms with E-state index in [1.54, 1.807) is 11.3 Å². The van der Waals surface area contributed by atoms with Gasteiger partial charge in [-0.05, 0) is 32.6 Å². The number of thiazole rings is 1. The van der Waals surface area contributed by atoms with E-state index in [1.807, 2.05) is 10.2 Å².